The van der Waals surface area contributed by atoms with E-state index in [2.05, 4.69) is 11.6 Å². The summed E-state index contributed by atoms with van der Waals surface area (Å²) in [5.74, 6) is 0.639. The highest BCUT2D eigenvalue weighted by molar-refractivity contribution is 7.92. The van der Waals surface area contributed by atoms with E-state index in [4.69, 9.17) is 25.8 Å². The molecule has 1 unspecified atom stereocenters. The van der Waals surface area contributed by atoms with Crippen molar-refractivity contribution in [2.75, 3.05) is 25.5 Å². The Bertz CT molecular complexity index is 878. The monoisotopic (exact) mass is 427 g/mol. The molecule has 0 bridgehead atoms. The van der Waals surface area contributed by atoms with E-state index in [0.29, 0.717) is 23.1 Å². The smallest absolute Gasteiger partial charge is 0.262 e. The maximum atomic E-state index is 12.8. The van der Waals surface area contributed by atoms with Gasteiger partial charge < -0.3 is 14.2 Å². The van der Waals surface area contributed by atoms with Crippen LogP contribution in [0.3, 0.4) is 0 Å². The van der Waals surface area contributed by atoms with Gasteiger partial charge in [0.15, 0.2) is 0 Å². The maximum Gasteiger partial charge on any atom is 0.262 e. The third kappa shape index (κ3) is 5.31. The molecule has 2 rings (SSSR count). The highest BCUT2D eigenvalue weighted by Crippen LogP contribution is 2.37. The summed E-state index contributed by atoms with van der Waals surface area (Å²) in [4.78, 5) is 0.138. The zero-order chi connectivity index (χ0) is 20.7. The summed E-state index contributed by atoms with van der Waals surface area (Å²) in [6.45, 7) is 4.63. The van der Waals surface area contributed by atoms with Gasteiger partial charge in [0.2, 0.25) is 0 Å². The zero-order valence-corrected chi connectivity index (χ0v) is 18.1. The van der Waals surface area contributed by atoms with Gasteiger partial charge in [-0.15, -0.1) is 0 Å². The van der Waals surface area contributed by atoms with Crippen LogP contribution in [0, 0.1) is 0 Å². The van der Waals surface area contributed by atoms with E-state index in [9.17, 15) is 8.42 Å². The largest absolute Gasteiger partial charge is 0.495 e. The fourth-order valence-electron chi connectivity index (χ4n) is 2.82. The van der Waals surface area contributed by atoms with Crippen molar-refractivity contribution in [2.24, 2.45) is 0 Å². The molecule has 2 aromatic carbocycles. The van der Waals surface area contributed by atoms with Gasteiger partial charge in [-0.25, -0.2) is 8.42 Å². The fourth-order valence-corrected chi connectivity index (χ4v) is 4.11. The van der Waals surface area contributed by atoms with Crippen LogP contribution in [0.2, 0.25) is 5.02 Å². The minimum Gasteiger partial charge on any atom is -0.495 e. The minimum absolute atomic E-state index is 0.0414. The van der Waals surface area contributed by atoms with E-state index >= 15 is 0 Å². The maximum absolute atomic E-state index is 12.8. The summed E-state index contributed by atoms with van der Waals surface area (Å²) in [6, 6.07) is 9.69. The first kappa shape index (κ1) is 22.3. The van der Waals surface area contributed by atoms with E-state index in [1.807, 2.05) is 6.92 Å². The third-order valence-corrected chi connectivity index (χ3v) is 5.88. The van der Waals surface area contributed by atoms with Crippen molar-refractivity contribution >= 4 is 27.3 Å². The minimum atomic E-state index is -3.82. The number of rotatable bonds is 10. The molecule has 0 fully saturated rings. The van der Waals surface area contributed by atoms with E-state index < -0.39 is 10.0 Å². The van der Waals surface area contributed by atoms with Gasteiger partial charge in [0, 0.05) is 18.7 Å². The van der Waals surface area contributed by atoms with Gasteiger partial charge in [-0.2, -0.15) is 0 Å². The number of hydrogen-bond acceptors (Lipinski definition) is 5. The molecule has 1 atom stereocenters. The standard InChI is InChI=1S/C20H26ClNO5S/c1-5-7-18(27-6-2)14-8-10-15(11-9-14)28(23,24)22-17-13-19(25-3)16(21)12-20(17)26-4/h8-13,18,22H,5-7H2,1-4H3. The Morgan fingerprint density at radius 3 is 2.21 bits per heavy atom. The number of halogens is 1. The highest BCUT2D eigenvalue weighted by Gasteiger charge is 2.19. The molecular weight excluding hydrogens is 402 g/mol. The summed E-state index contributed by atoms with van der Waals surface area (Å²) in [7, 11) is -0.929. The van der Waals surface area contributed by atoms with Gasteiger partial charge in [-0.05, 0) is 31.0 Å². The summed E-state index contributed by atoms with van der Waals surface area (Å²) in [6.07, 6.45) is 1.81. The van der Waals surface area contributed by atoms with Gasteiger partial charge in [-0.1, -0.05) is 37.1 Å². The topological polar surface area (TPSA) is 73.9 Å². The molecule has 0 aliphatic carbocycles. The predicted molar refractivity (Wildman–Crippen MR) is 111 cm³/mol. The molecule has 1 N–H and O–H groups in total. The van der Waals surface area contributed by atoms with Crippen molar-refractivity contribution in [3.05, 3.63) is 47.0 Å². The Kier molecular flexibility index (Phi) is 7.98. The summed E-state index contributed by atoms with van der Waals surface area (Å²) in [5, 5.41) is 0.324. The van der Waals surface area contributed by atoms with Crippen molar-refractivity contribution in [2.45, 2.75) is 37.7 Å². The lowest BCUT2D eigenvalue weighted by Crippen LogP contribution is -2.14. The molecule has 0 amide bonds. The average molecular weight is 428 g/mol. The number of hydrogen-bond donors (Lipinski definition) is 1. The average Bonchev–Trinajstić information content (AvgIpc) is 2.68. The number of nitrogens with one attached hydrogen (secondary N) is 1. The molecule has 0 saturated carbocycles. The van der Waals surface area contributed by atoms with Crippen molar-refractivity contribution in [3.63, 3.8) is 0 Å². The van der Waals surface area contributed by atoms with Crippen LogP contribution in [0.25, 0.3) is 0 Å². The third-order valence-electron chi connectivity index (χ3n) is 4.20. The lowest BCUT2D eigenvalue weighted by molar-refractivity contribution is 0.0556. The number of ether oxygens (including phenoxy) is 3. The van der Waals surface area contributed by atoms with Crippen LogP contribution in [0.5, 0.6) is 11.5 Å². The molecule has 28 heavy (non-hydrogen) atoms. The first-order valence-corrected chi connectivity index (χ1v) is 10.9. The van der Waals surface area contributed by atoms with Crippen LogP contribution < -0.4 is 14.2 Å². The quantitative estimate of drug-likeness (QED) is 0.575. The molecule has 0 spiro atoms. The molecule has 0 aliphatic rings. The van der Waals surface area contributed by atoms with E-state index in [1.54, 1.807) is 24.3 Å². The Balaban J connectivity index is 2.30. The van der Waals surface area contributed by atoms with Gasteiger partial charge in [0.05, 0.1) is 35.9 Å². The number of methoxy groups -OCH3 is 2. The van der Waals surface area contributed by atoms with Gasteiger partial charge in [-0.3, -0.25) is 4.72 Å². The summed E-state index contributed by atoms with van der Waals surface area (Å²) in [5.41, 5.74) is 1.19. The summed E-state index contributed by atoms with van der Waals surface area (Å²) >= 11 is 6.07. The number of sulfonamides is 1. The first-order chi connectivity index (χ1) is 13.4. The van der Waals surface area contributed by atoms with E-state index in [0.717, 1.165) is 18.4 Å². The Hall–Kier alpha value is -1.96. The number of benzene rings is 2. The first-order valence-electron chi connectivity index (χ1n) is 9.02. The Labute approximate surface area is 171 Å². The second kappa shape index (κ2) is 10.0. The Morgan fingerprint density at radius 2 is 1.68 bits per heavy atom. The molecule has 0 radical (unpaired) electrons. The van der Waals surface area contributed by atoms with Crippen LogP contribution >= 0.6 is 11.6 Å². The fraction of sp³-hybridized carbons (Fsp3) is 0.400. The molecule has 0 saturated heterocycles. The Morgan fingerprint density at radius 1 is 1.04 bits per heavy atom. The SMILES string of the molecule is CCCC(OCC)c1ccc(S(=O)(=O)Nc2cc(OC)c(Cl)cc2OC)cc1. The number of anilines is 1. The summed E-state index contributed by atoms with van der Waals surface area (Å²) < 4.78 is 44.3. The van der Waals surface area contributed by atoms with Crippen molar-refractivity contribution in [1.29, 1.82) is 0 Å². The molecular formula is C20H26ClNO5S. The molecule has 2 aromatic rings. The molecule has 6 nitrogen and oxygen atoms in total. The molecule has 0 aliphatic heterocycles. The highest BCUT2D eigenvalue weighted by atomic mass is 35.5. The van der Waals surface area contributed by atoms with Gasteiger partial charge in [0.1, 0.15) is 11.5 Å². The van der Waals surface area contributed by atoms with Crippen molar-refractivity contribution < 1.29 is 22.6 Å². The second-order valence-corrected chi connectivity index (χ2v) is 8.18. The zero-order valence-electron chi connectivity index (χ0n) is 16.5. The molecule has 8 heteroatoms. The predicted octanol–water partition coefficient (Wildman–Crippen LogP) is 5.04. The van der Waals surface area contributed by atoms with Crippen molar-refractivity contribution in [3.8, 4) is 11.5 Å². The van der Waals surface area contributed by atoms with Crippen LogP contribution in [-0.2, 0) is 14.8 Å². The lowest BCUT2D eigenvalue weighted by Gasteiger charge is -2.17. The van der Waals surface area contributed by atoms with Crippen molar-refractivity contribution in [1.82, 2.24) is 0 Å². The molecule has 154 valence electrons. The molecule has 0 aromatic heterocycles. The van der Waals surface area contributed by atoms with Gasteiger partial charge in [0.25, 0.3) is 10.0 Å². The van der Waals surface area contributed by atoms with E-state index in [1.165, 1.54) is 26.4 Å². The van der Waals surface area contributed by atoms with Crippen LogP contribution in [0.15, 0.2) is 41.3 Å². The lowest BCUT2D eigenvalue weighted by atomic mass is 10.1. The van der Waals surface area contributed by atoms with Gasteiger partial charge >= 0.3 is 0 Å². The normalized spacial score (nSPS) is 12.5. The van der Waals surface area contributed by atoms with Crippen LogP contribution in [-0.4, -0.2) is 29.2 Å². The van der Waals surface area contributed by atoms with E-state index in [-0.39, 0.29) is 16.7 Å². The molecule has 0 heterocycles. The van der Waals surface area contributed by atoms with Crippen LogP contribution in [0.4, 0.5) is 5.69 Å². The second-order valence-electron chi connectivity index (χ2n) is 6.09. The van der Waals surface area contributed by atoms with Crippen LogP contribution in [0.1, 0.15) is 38.4 Å².